The van der Waals surface area contributed by atoms with Crippen molar-refractivity contribution in [3.8, 4) is 5.69 Å². The Morgan fingerprint density at radius 2 is 1.83 bits per heavy atom. The molecule has 0 aliphatic heterocycles. The molecular weight excluding hydrogens is 367 g/mol. The Kier molecular flexibility index (Phi) is 4.76. The van der Waals surface area contributed by atoms with Gasteiger partial charge in [0.05, 0.1) is 11.7 Å². The largest absolute Gasteiger partial charge is 0.399 e. The standard InChI is InChI=1S/C23H21FN4O/c1-27(2)19-7-4-16(5-8-19)23(29)12-15-3-9-21-17(11-15)14-26-28(21)22-10-6-18(25)13-20(22)24/h3-11,13-14H,12,25H2,1-2H3. The number of hydrogen-bond acceptors (Lipinski definition) is 4. The van der Waals surface area contributed by atoms with Gasteiger partial charge in [0, 0.05) is 42.8 Å². The van der Waals surface area contributed by atoms with E-state index in [9.17, 15) is 9.18 Å². The SMILES string of the molecule is CN(C)c1ccc(C(=O)Cc2ccc3c(cnn3-c3ccc(N)cc3F)c2)cc1. The Labute approximate surface area is 168 Å². The molecule has 0 radical (unpaired) electrons. The predicted molar refractivity (Wildman–Crippen MR) is 114 cm³/mol. The molecule has 4 rings (SSSR count). The fraction of sp³-hybridized carbons (Fsp3) is 0.130. The molecule has 0 spiro atoms. The molecule has 146 valence electrons. The molecule has 4 aromatic rings. The van der Waals surface area contributed by atoms with Gasteiger partial charge in [0.2, 0.25) is 0 Å². The van der Waals surface area contributed by atoms with E-state index in [1.165, 1.54) is 10.7 Å². The second-order valence-electron chi connectivity index (χ2n) is 7.20. The number of carbonyl (C=O) groups excluding carboxylic acids is 1. The average molecular weight is 388 g/mol. The van der Waals surface area contributed by atoms with Crippen molar-refractivity contribution in [2.75, 3.05) is 24.7 Å². The Balaban J connectivity index is 1.59. The lowest BCUT2D eigenvalue weighted by atomic mass is 10.0. The summed E-state index contributed by atoms with van der Waals surface area (Å²) in [5.74, 6) is -0.387. The molecule has 6 heteroatoms. The number of ketones is 1. The molecule has 29 heavy (non-hydrogen) atoms. The third-order valence-corrected chi connectivity index (χ3v) is 4.90. The first-order chi connectivity index (χ1) is 13.9. The fourth-order valence-corrected chi connectivity index (χ4v) is 3.31. The number of fused-ring (bicyclic) bond motifs is 1. The second-order valence-corrected chi connectivity index (χ2v) is 7.20. The lowest BCUT2D eigenvalue weighted by molar-refractivity contribution is 0.0993. The summed E-state index contributed by atoms with van der Waals surface area (Å²) in [6.45, 7) is 0. The number of hydrogen-bond donors (Lipinski definition) is 1. The van der Waals surface area contributed by atoms with Gasteiger partial charge in [0.15, 0.2) is 11.6 Å². The summed E-state index contributed by atoms with van der Waals surface area (Å²) in [5, 5.41) is 5.15. The Morgan fingerprint density at radius 1 is 1.07 bits per heavy atom. The van der Waals surface area contributed by atoms with E-state index in [1.807, 2.05) is 61.5 Å². The molecule has 3 aromatic carbocycles. The van der Waals surface area contributed by atoms with E-state index < -0.39 is 5.82 Å². The summed E-state index contributed by atoms with van der Waals surface area (Å²) in [6, 6.07) is 17.7. The average Bonchev–Trinajstić information content (AvgIpc) is 3.11. The van der Waals surface area contributed by atoms with Crippen LogP contribution >= 0.6 is 0 Å². The number of anilines is 2. The van der Waals surface area contributed by atoms with E-state index >= 15 is 0 Å². The molecule has 0 bridgehead atoms. The van der Waals surface area contributed by atoms with E-state index in [-0.39, 0.29) is 5.78 Å². The molecule has 0 unspecified atom stereocenters. The van der Waals surface area contributed by atoms with Crippen LogP contribution in [0.5, 0.6) is 0 Å². The quantitative estimate of drug-likeness (QED) is 0.410. The number of aromatic nitrogens is 2. The van der Waals surface area contributed by atoms with Crippen LogP contribution in [0.3, 0.4) is 0 Å². The van der Waals surface area contributed by atoms with Crippen LogP contribution < -0.4 is 10.6 Å². The van der Waals surface area contributed by atoms with E-state index in [0.717, 1.165) is 22.2 Å². The molecular formula is C23H21FN4O. The number of nitrogens with two attached hydrogens (primary N) is 1. The van der Waals surface area contributed by atoms with Crippen molar-refractivity contribution in [1.29, 1.82) is 0 Å². The molecule has 0 saturated carbocycles. The first-order valence-electron chi connectivity index (χ1n) is 9.25. The normalized spacial score (nSPS) is 11.0. The van der Waals surface area contributed by atoms with Gasteiger partial charge in [0.25, 0.3) is 0 Å². The second kappa shape index (κ2) is 7.39. The topological polar surface area (TPSA) is 64.2 Å². The van der Waals surface area contributed by atoms with Crippen LogP contribution in [-0.4, -0.2) is 29.7 Å². The van der Waals surface area contributed by atoms with Crippen molar-refractivity contribution < 1.29 is 9.18 Å². The van der Waals surface area contributed by atoms with Crippen LogP contribution in [0.4, 0.5) is 15.8 Å². The van der Waals surface area contributed by atoms with Crippen molar-refractivity contribution in [2.45, 2.75) is 6.42 Å². The summed E-state index contributed by atoms with van der Waals surface area (Å²) in [6.07, 6.45) is 1.96. The summed E-state index contributed by atoms with van der Waals surface area (Å²) >= 11 is 0. The van der Waals surface area contributed by atoms with Gasteiger partial charge in [-0.1, -0.05) is 6.07 Å². The van der Waals surface area contributed by atoms with Crippen molar-refractivity contribution in [2.24, 2.45) is 0 Å². The minimum absolute atomic E-state index is 0.0478. The Morgan fingerprint density at radius 3 is 2.52 bits per heavy atom. The van der Waals surface area contributed by atoms with Crippen LogP contribution in [0.2, 0.25) is 0 Å². The van der Waals surface area contributed by atoms with Crippen LogP contribution in [0.15, 0.2) is 66.9 Å². The van der Waals surface area contributed by atoms with Gasteiger partial charge in [-0.3, -0.25) is 4.79 Å². The van der Waals surface area contributed by atoms with E-state index in [1.54, 1.807) is 18.3 Å². The maximum absolute atomic E-state index is 14.3. The minimum atomic E-state index is -0.435. The highest BCUT2D eigenvalue weighted by molar-refractivity contribution is 5.98. The van der Waals surface area contributed by atoms with E-state index in [0.29, 0.717) is 23.4 Å². The molecule has 1 aromatic heterocycles. The van der Waals surface area contributed by atoms with Gasteiger partial charge in [-0.2, -0.15) is 5.10 Å². The highest BCUT2D eigenvalue weighted by Gasteiger charge is 2.12. The summed E-state index contributed by atoms with van der Waals surface area (Å²) in [5.41, 5.74) is 9.69. The highest BCUT2D eigenvalue weighted by Crippen LogP contribution is 2.23. The zero-order valence-corrected chi connectivity index (χ0v) is 16.3. The number of halogens is 1. The molecule has 0 atom stereocenters. The molecule has 0 aliphatic carbocycles. The van der Waals surface area contributed by atoms with Crippen LogP contribution in [-0.2, 0) is 6.42 Å². The Bertz CT molecular complexity index is 1200. The van der Waals surface area contributed by atoms with Gasteiger partial charge < -0.3 is 10.6 Å². The number of nitrogens with zero attached hydrogens (tertiary/aromatic N) is 3. The zero-order valence-electron chi connectivity index (χ0n) is 16.3. The molecule has 0 fully saturated rings. The molecule has 0 saturated heterocycles. The number of carbonyl (C=O) groups is 1. The van der Waals surface area contributed by atoms with Crippen molar-refractivity contribution in [3.05, 3.63) is 83.8 Å². The monoisotopic (exact) mass is 388 g/mol. The van der Waals surface area contributed by atoms with Crippen molar-refractivity contribution >= 4 is 28.1 Å². The van der Waals surface area contributed by atoms with Gasteiger partial charge in [-0.15, -0.1) is 0 Å². The fourth-order valence-electron chi connectivity index (χ4n) is 3.31. The van der Waals surface area contributed by atoms with Gasteiger partial charge in [-0.25, -0.2) is 9.07 Å². The first-order valence-corrected chi connectivity index (χ1v) is 9.25. The zero-order chi connectivity index (χ0) is 20.5. The lowest BCUT2D eigenvalue weighted by Gasteiger charge is -2.12. The number of benzene rings is 3. The number of nitrogen functional groups attached to an aromatic ring is 1. The minimum Gasteiger partial charge on any atom is -0.399 e. The smallest absolute Gasteiger partial charge is 0.167 e. The predicted octanol–water partition coefficient (Wildman–Crippen LogP) is 4.24. The van der Waals surface area contributed by atoms with Crippen LogP contribution in [0, 0.1) is 5.82 Å². The summed E-state index contributed by atoms with van der Waals surface area (Å²) in [7, 11) is 3.92. The number of Topliss-reactive ketones (excluding diaryl/α,β-unsaturated/α-hetero) is 1. The van der Waals surface area contributed by atoms with Crippen LogP contribution in [0.25, 0.3) is 16.6 Å². The number of rotatable bonds is 5. The molecule has 1 heterocycles. The van der Waals surface area contributed by atoms with E-state index in [4.69, 9.17) is 5.73 Å². The van der Waals surface area contributed by atoms with Gasteiger partial charge in [-0.05, 0) is 60.2 Å². The maximum atomic E-state index is 14.3. The van der Waals surface area contributed by atoms with E-state index in [2.05, 4.69) is 5.10 Å². The molecule has 0 aliphatic rings. The van der Waals surface area contributed by atoms with Crippen molar-refractivity contribution in [1.82, 2.24) is 9.78 Å². The van der Waals surface area contributed by atoms with Crippen LogP contribution in [0.1, 0.15) is 15.9 Å². The lowest BCUT2D eigenvalue weighted by Crippen LogP contribution is -2.09. The summed E-state index contributed by atoms with van der Waals surface area (Å²) in [4.78, 5) is 14.6. The molecule has 2 N–H and O–H groups in total. The third kappa shape index (κ3) is 3.69. The maximum Gasteiger partial charge on any atom is 0.167 e. The van der Waals surface area contributed by atoms with Crippen molar-refractivity contribution in [3.63, 3.8) is 0 Å². The summed E-state index contributed by atoms with van der Waals surface area (Å²) < 4.78 is 15.8. The van der Waals surface area contributed by atoms with Gasteiger partial charge in [0.1, 0.15) is 5.69 Å². The Hall–Kier alpha value is -3.67. The molecule has 0 amide bonds. The third-order valence-electron chi connectivity index (χ3n) is 4.90. The first kappa shape index (κ1) is 18.7. The highest BCUT2D eigenvalue weighted by atomic mass is 19.1. The molecule has 5 nitrogen and oxygen atoms in total. The van der Waals surface area contributed by atoms with Gasteiger partial charge >= 0.3 is 0 Å².